The summed E-state index contributed by atoms with van der Waals surface area (Å²) in [5.41, 5.74) is 2.54. The van der Waals surface area contributed by atoms with Crippen molar-refractivity contribution in [1.29, 1.82) is 0 Å². The zero-order valence-electron chi connectivity index (χ0n) is 15.1. The Hall–Kier alpha value is -2.81. The van der Waals surface area contributed by atoms with E-state index in [4.69, 9.17) is 9.47 Å². The first-order valence-electron chi connectivity index (χ1n) is 8.62. The van der Waals surface area contributed by atoms with Crippen LogP contribution in [0.5, 0.6) is 11.5 Å². The van der Waals surface area contributed by atoms with Crippen LogP contribution in [0.15, 0.2) is 29.4 Å². The lowest BCUT2D eigenvalue weighted by molar-refractivity contribution is -0.113. The number of amides is 1. The molecule has 9 heteroatoms. The van der Waals surface area contributed by atoms with Crippen LogP contribution in [0.4, 0.5) is 5.69 Å². The third-order valence-corrected chi connectivity index (χ3v) is 4.96. The molecule has 0 bridgehead atoms. The predicted octanol–water partition coefficient (Wildman–Crippen LogP) is 2.63. The van der Waals surface area contributed by atoms with E-state index in [0.717, 1.165) is 17.8 Å². The number of anilines is 1. The normalized spacial score (nSPS) is 13.4. The highest BCUT2D eigenvalue weighted by Gasteiger charge is 2.14. The van der Waals surface area contributed by atoms with Crippen molar-refractivity contribution in [1.82, 2.24) is 19.6 Å². The Kier molecular flexibility index (Phi) is 4.85. The van der Waals surface area contributed by atoms with Gasteiger partial charge in [0.05, 0.1) is 19.0 Å². The lowest BCUT2D eigenvalue weighted by atomic mass is 10.2. The molecule has 2 aromatic heterocycles. The molecule has 1 N–H and O–H groups in total. The molecule has 0 radical (unpaired) electrons. The van der Waals surface area contributed by atoms with Gasteiger partial charge in [-0.05, 0) is 32.0 Å². The number of thioether (sulfide) groups is 1. The summed E-state index contributed by atoms with van der Waals surface area (Å²) in [5, 5.41) is 11.7. The summed E-state index contributed by atoms with van der Waals surface area (Å²) < 4.78 is 13.1. The van der Waals surface area contributed by atoms with Gasteiger partial charge in [-0.25, -0.2) is 4.98 Å². The van der Waals surface area contributed by atoms with Gasteiger partial charge in [0.25, 0.3) is 5.78 Å². The molecule has 0 aliphatic carbocycles. The third-order valence-electron chi connectivity index (χ3n) is 4.03. The molecule has 4 rings (SSSR count). The van der Waals surface area contributed by atoms with Gasteiger partial charge in [-0.2, -0.15) is 0 Å². The number of aryl methyl sites for hydroxylation is 2. The zero-order valence-corrected chi connectivity index (χ0v) is 15.9. The SMILES string of the molecule is Cc1cc(C)n2c(SCC(=O)Nc3ccc4c(c3)OCCCO4)nnc2n1. The highest BCUT2D eigenvalue weighted by molar-refractivity contribution is 7.99. The minimum Gasteiger partial charge on any atom is -0.490 e. The maximum absolute atomic E-state index is 12.3. The number of aromatic nitrogens is 4. The van der Waals surface area contributed by atoms with Gasteiger partial charge in [-0.3, -0.25) is 9.20 Å². The molecule has 0 saturated carbocycles. The molecule has 3 heterocycles. The van der Waals surface area contributed by atoms with Crippen molar-refractivity contribution in [3.8, 4) is 11.5 Å². The van der Waals surface area contributed by atoms with Crippen LogP contribution >= 0.6 is 11.8 Å². The zero-order chi connectivity index (χ0) is 18.8. The molecule has 1 aromatic carbocycles. The minimum absolute atomic E-state index is 0.135. The number of fused-ring (bicyclic) bond motifs is 2. The Morgan fingerprint density at radius 2 is 2.00 bits per heavy atom. The number of nitrogens with zero attached hydrogens (tertiary/aromatic N) is 4. The lowest BCUT2D eigenvalue weighted by Gasteiger charge is -2.10. The van der Waals surface area contributed by atoms with Crippen molar-refractivity contribution in [2.45, 2.75) is 25.4 Å². The maximum Gasteiger partial charge on any atom is 0.256 e. The molecule has 0 atom stereocenters. The first kappa shape index (κ1) is 17.6. The number of hydrogen-bond acceptors (Lipinski definition) is 7. The van der Waals surface area contributed by atoms with Crippen molar-refractivity contribution in [3.05, 3.63) is 35.7 Å². The van der Waals surface area contributed by atoms with E-state index >= 15 is 0 Å². The Morgan fingerprint density at radius 1 is 1.19 bits per heavy atom. The van der Waals surface area contributed by atoms with E-state index < -0.39 is 0 Å². The first-order valence-corrected chi connectivity index (χ1v) is 9.60. The summed E-state index contributed by atoms with van der Waals surface area (Å²) in [6.45, 7) is 5.12. The molecule has 1 amide bonds. The molecule has 1 aliphatic heterocycles. The average molecular weight is 385 g/mol. The van der Waals surface area contributed by atoms with Crippen molar-refractivity contribution in [2.24, 2.45) is 0 Å². The topological polar surface area (TPSA) is 90.6 Å². The summed E-state index contributed by atoms with van der Waals surface area (Å²) in [6, 6.07) is 7.36. The number of benzene rings is 1. The second-order valence-electron chi connectivity index (χ2n) is 6.21. The molecular formula is C18H19N5O3S. The second-order valence-corrected chi connectivity index (χ2v) is 7.15. The van der Waals surface area contributed by atoms with Crippen molar-refractivity contribution >= 4 is 29.1 Å². The van der Waals surface area contributed by atoms with Crippen LogP contribution in [0.2, 0.25) is 0 Å². The predicted molar refractivity (Wildman–Crippen MR) is 102 cm³/mol. The molecule has 8 nitrogen and oxygen atoms in total. The fourth-order valence-electron chi connectivity index (χ4n) is 2.86. The quantitative estimate of drug-likeness (QED) is 0.690. The van der Waals surface area contributed by atoms with Gasteiger partial charge in [-0.1, -0.05) is 11.8 Å². The van der Waals surface area contributed by atoms with Crippen LogP contribution in [-0.2, 0) is 4.79 Å². The van der Waals surface area contributed by atoms with Crippen LogP contribution in [0.25, 0.3) is 5.78 Å². The number of carbonyl (C=O) groups excluding carboxylic acids is 1. The van der Waals surface area contributed by atoms with E-state index in [9.17, 15) is 4.79 Å². The molecule has 1 aliphatic rings. The number of hydrogen-bond donors (Lipinski definition) is 1. The number of ether oxygens (including phenoxy) is 2. The summed E-state index contributed by atoms with van der Waals surface area (Å²) in [4.78, 5) is 16.7. The van der Waals surface area contributed by atoms with Gasteiger partial charge in [0.15, 0.2) is 16.7 Å². The van der Waals surface area contributed by atoms with Crippen molar-refractivity contribution < 1.29 is 14.3 Å². The fourth-order valence-corrected chi connectivity index (χ4v) is 3.65. The van der Waals surface area contributed by atoms with Crippen LogP contribution in [0, 0.1) is 13.8 Å². The molecule has 0 fully saturated rings. The largest absolute Gasteiger partial charge is 0.490 e. The van der Waals surface area contributed by atoms with E-state index in [0.29, 0.717) is 41.3 Å². The Bertz CT molecular complexity index is 1000. The number of rotatable bonds is 4. The fraction of sp³-hybridized carbons (Fsp3) is 0.333. The smallest absolute Gasteiger partial charge is 0.256 e. The van der Waals surface area contributed by atoms with Gasteiger partial charge in [0, 0.05) is 29.6 Å². The van der Waals surface area contributed by atoms with Gasteiger partial charge < -0.3 is 14.8 Å². The average Bonchev–Trinajstić information content (AvgIpc) is 2.89. The molecule has 0 spiro atoms. The second kappa shape index (κ2) is 7.43. The van der Waals surface area contributed by atoms with Crippen molar-refractivity contribution in [3.63, 3.8) is 0 Å². The lowest BCUT2D eigenvalue weighted by Crippen LogP contribution is -2.14. The summed E-state index contributed by atoms with van der Waals surface area (Å²) >= 11 is 1.32. The first-order chi connectivity index (χ1) is 13.1. The van der Waals surface area contributed by atoms with Gasteiger partial charge >= 0.3 is 0 Å². The van der Waals surface area contributed by atoms with E-state index in [1.807, 2.05) is 30.4 Å². The molecule has 0 unspecified atom stereocenters. The maximum atomic E-state index is 12.3. The van der Waals surface area contributed by atoms with Crippen LogP contribution < -0.4 is 14.8 Å². The monoisotopic (exact) mass is 385 g/mol. The van der Waals surface area contributed by atoms with Gasteiger partial charge in [0.2, 0.25) is 5.91 Å². The minimum atomic E-state index is -0.135. The Labute approximate surface area is 160 Å². The Morgan fingerprint density at radius 3 is 2.85 bits per heavy atom. The van der Waals surface area contributed by atoms with Crippen LogP contribution in [0.3, 0.4) is 0 Å². The van der Waals surface area contributed by atoms with E-state index in [1.54, 1.807) is 12.1 Å². The summed E-state index contributed by atoms with van der Waals surface area (Å²) in [5.74, 6) is 1.97. The van der Waals surface area contributed by atoms with E-state index in [2.05, 4.69) is 20.5 Å². The van der Waals surface area contributed by atoms with E-state index in [-0.39, 0.29) is 11.7 Å². The van der Waals surface area contributed by atoms with Crippen molar-refractivity contribution in [2.75, 3.05) is 24.3 Å². The van der Waals surface area contributed by atoms with Crippen LogP contribution in [0.1, 0.15) is 17.8 Å². The highest BCUT2D eigenvalue weighted by atomic mass is 32.2. The van der Waals surface area contributed by atoms with Crippen LogP contribution in [-0.4, -0.2) is 44.5 Å². The van der Waals surface area contributed by atoms with E-state index in [1.165, 1.54) is 11.8 Å². The number of carbonyl (C=O) groups is 1. The molecule has 3 aromatic rings. The van der Waals surface area contributed by atoms with Gasteiger partial charge in [-0.15, -0.1) is 10.2 Å². The standard InChI is InChI=1S/C18H19N5O3S/c1-11-8-12(2)23-17(19-11)21-22-18(23)27-10-16(24)20-13-4-5-14-15(9-13)26-7-3-6-25-14/h4-5,8-9H,3,6-7,10H2,1-2H3,(H,20,24). The summed E-state index contributed by atoms with van der Waals surface area (Å²) in [6.07, 6.45) is 0.840. The third kappa shape index (κ3) is 3.82. The highest BCUT2D eigenvalue weighted by Crippen LogP contribution is 2.32. The summed E-state index contributed by atoms with van der Waals surface area (Å²) in [7, 11) is 0. The molecule has 0 saturated heterocycles. The van der Waals surface area contributed by atoms with Gasteiger partial charge in [0.1, 0.15) is 0 Å². The molecule has 27 heavy (non-hydrogen) atoms. The molecular weight excluding hydrogens is 366 g/mol. The number of nitrogens with one attached hydrogen (secondary N) is 1. The molecule has 140 valence electrons. The Balaban J connectivity index is 1.42.